The van der Waals surface area contributed by atoms with Crippen molar-refractivity contribution < 1.29 is 13.2 Å². The average Bonchev–Trinajstić information content (AvgIpc) is 2.24. The number of rotatable bonds is 7. The number of hydrogen-bond donors (Lipinski definition) is 1. The number of ether oxygens (including phenoxy) is 1. The van der Waals surface area contributed by atoms with Crippen LogP contribution >= 0.6 is 15.9 Å². The van der Waals surface area contributed by atoms with Crippen LogP contribution in [0, 0.1) is 0 Å². The first-order valence-electron chi connectivity index (χ1n) is 5.64. The van der Waals surface area contributed by atoms with E-state index >= 15 is 0 Å². The van der Waals surface area contributed by atoms with E-state index in [-0.39, 0.29) is 12.4 Å². The molecule has 0 radical (unpaired) electrons. The first kappa shape index (κ1) is 16.5. The lowest BCUT2D eigenvalue weighted by atomic mass is 10.2. The molecule has 0 fully saturated rings. The molecule has 0 saturated heterocycles. The van der Waals surface area contributed by atoms with E-state index in [1.54, 1.807) is 12.3 Å². The van der Waals surface area contributed by atoms with E-state index in [9.17, 15) is 8.42 Å². The Morgan fingerprint density at radius 1 is 1.47 bits per heavy atom. The fraction of sp³-hybridized carbons (Fsp3) is 0.545. The zero-order chi connectivity index (χ0) is 14.5. The molecule has 19 heavy (non-hydrogen) atoms. The predicted molar refractivity (Wildman–Crippen MR) is 77.0 cm³/mol. The molecule has 1 rings (SSSR count). The molecule has 1 heterocycles. The van der Waals surface area contributed by atoms with Gasteiger partial charge in [0.25, 0.3) is 0 Å². The van der Waals surface area contributed by atoms with Crippen molar-refractivity contribution in [3.63, 3.8) is 0 Å². The Morgan fingerprint density at radius 3 is 2.74 bits per heavy atom. The summed E-state index contributed by atoms with van der Waals surface area (Å²) in [7, 11) is 0.319. The Morgan fingerprint density at radius 2 is 2.16 bits per heavy atom. The van der Waals surface area contributed by atoms with Crippen molar-refractivity contribution in [3.8, 4) is 0 Å². The largest absolute Gasteiger partial charge is 0.374 e. The molecule has 1 aromatic rings. The standard InChI is InChI=1S/C11H18BrN3O3S/c1-15(2)3-4-18-7-11-9(8-19(13,16)17)5-10(12)6-14-11/h5-6H,3-4,7-8H2,1-2H3,(H2,13,16,17). The van der Waals surface area contributed by atoms with Crippen molar-refractivity contribution in [2.24, 2.45) is 5.14 Å². The highest BCUT2D eigenvalue weighted by atomic mass is 79.9. The van der Waals surface area contributed by atoms with Crippen LogP contribution in [0.2, 0.25) is 0 Å². The molecule has 8 heteroatoms. The summed E-state index contributed by atoms with van der Waals surface area (Å²) in [6, 6.07) is 1.70. The van der Waals surface area contributed by atoms with E-state index in [1.807, 2.05) is 19.0 Å². The molecule has 1 aromatic heterocycles. The van der Waals surface area contributed by atoms with Gasteiger partial charge in [-0.3, -0.25) is 4.98 Å². The van der Waals surface area contributed by atoms with Crippen LogP contribution in [0.5, 0.6) is 0 Å². The minimum Gasteiger partial charge on any atom is -0.374 e. The number of sulfonamides is 1. The summed E-state index contributed by atoms with van der Waals surface area (Å²) < 4.78 is 28.5. The summed E-state index contributed by atoms with van der Waals surface area (Å²) in [6.45, 7) is 1.62. The highest BCUT2D eigenvalue weighted by Gasteiger charge is 2.12. The van der Waals surface area contributed by atoms with Crippen LogP contribution < -0.4 is 5.14 Å². The third kappa shape index (κ3) is 6.98. The van der Waals surface area contributed by atoms with Gasteiger partial charge in [-0.15, -0.1) is 0 Å². The van der Waals surface area contributed by atoms with Crippen molar-refractivity contribution in [1.29, 1.82) is 0 Å². The monoisotopic (exact) mass is 351 g/mol. The topological polar surface area (TPSA) is 85.5 Å². The van der Waals surface area contributed by atoms with Gasteiger partial charge in [0.1, 0.15) is 0 Å². The van der Waals surface area contributed by atoms with Gasteiger partial charge in [0.05, 0.1) is 24.7 Å². The SMILES string of the molecule is CN(C)CCOCc1ncc(Br)cc1CS(N)(=O)=O. The van der Waals surface area contributed by atoms with Crippen LogP contribution in [-0.4, -0.2) is 45.5 Å². The van der Waals surface area contributed by atoms with Gasteiger partial charge in [0.15, 0.2) is 0 Å². The molecular weight excluding hydrogens is 334 g/mol. The molecule has 2 N–H and O–H groups in total. The van der Waals surface area contributed by atoms with Gasteiger partial charge in [0.2, 0.25) is 10.0 Å². The van der Waals surface area contributed by atoms with Gasteiger partial charge < -0.3 is 9.64 Å². The van der Waals surface area contributed by atoms with Crippen LogP contribution in [0.4, 0.5) is 0 Å². The van der Waals surface area contributed by atoms with E-state index in [4.69, 9.17) is 9.88 Å². The van der Waals surface area contributed by atoms with Crippen molar-refractivity contribution in [2.75, 3.05) is 27.2 Å². The first-order chi connectivity index (χ1) is 8.78. The molecule has 6 nitrogen and oxygen atoms in total. The van der Waals surface area contributed by atoms with Crippen LogP contribution in [0.25, 0.3) is 0 Å². The van der Waals surface area contributed by atoms with E-state index in [2.05, 4.69) is 20.9 Å². The minimum atomic E-state index is -3.59. The Labute approximate surface area is 122 Å². The summed E-state index contributed by atoms with van der Waals surface area (Å²) in [4.78, 5) is 6.17. The van der Waals surface area contributed by atoms with Crippen molar-refractivity contribution in [3.05, 3.63) is 28.0 Å². The second kappa shape index (κ2) is 7.30. The number of nitrogens with two attached hydrogens (primary N) is 1. The lowest BCUT2D eigenvalue weighted by Crippen LogP contribution is -2.19. The van der Waals surface area contributed by atoms with Crippen LogP contribution in [0.15, 0.2) is 16.7 Å². The maximum absolute atomic E-state index is 11.2. The first-order valence-corrected chi connectivity index (χ1v) is 8.15. The van der Waals surface area contributed by atoms with Crippen LogP contribution in [-0.2, 0) is 27.1 Å². The Balaban J connectivity index is 2.71. The molecule has 0 saturated carbocycles. The smallest absolute Gasteiger partial charge is 0.213 e. The molecule has 0 spiro atoms. The van der Waals surface area contributed by atoms with Crippen molar-refractivity contribution in [2.45, 2.75) is 12.4 Å². The summed E-state index contributed by atoms with van der Waals surface area (Å²) in [5, 5.41) is 5.06. The minimum absolute atomic E-state index is 0.244. The van der Waals surface area contributed by atoms with Gasteiger partial charge in [-0.1, -0.05) is 0 Å². The van der Waals surface area contributed by atoms with Gasteiger partial charge in [0, 0.05) is 17.2 Å². The van der Waals surface area contributed by atoms with Crippen molar-refractivity contribution >= 4 is 26.0 Å². The molecule has 0 aliphatic heterocycles. The van der Waals surface area contributed by atoms with E-state index < -0.39 is 10.0 Å². The number of pyridine rings is 1. The molecule has 0 bridgehead atoms. The maximum Gasteiger partial charge on any atom is 0.213 e. The normalized spacial score (nSPS) is 12.1. The van der Waals surface area contributed by atoms with Crippen LogP contribution in [0.1, 0.15) is 11.3 Å². The van der Waals surface area contributed by atoms with Crippen LogP contribution in [0.3, 0.4) is 0 Å². The molecule has 0 unspecified atom stereocenters. The quantitative estimate of drug-likeness (QED) is 0.731. The third-order valence-corrected chi connectivity index (χ3v) is 3.45. The predicted octanol–water partition coefficient (Wildman–Crippen LogP) is 0.711. The number of likely N-dealkylation sites (N-methyl/N-ethyl adjacent to an activating group) is 1. The summed E-state index contributed by atoms with van der Waals surface area (Å²) in [5.41, 5.74) is 1.15. The molecule has 0 aromatic carbocycles. The molecule has 0 aliphatic carbocycles. The lowest BCUT2D eigenvalue weighted by molar-refractivity contribution is 0.103. The maximum atomic E-state index is 11.2. The Bertz CT molecular complexity index is 520. The summed E-state index contributed by atoms with van der Waals surface area (Å²) in [5.74, 6) is -0.244. The van der Waals surface area contributed by atoms with E-state index in [0.717, 1.165) is 6.54 Å². The number of halogens is 1. The second-order valence-corrected chi connectivity index (χ2v) is 6.95. The summed E-state index contributed by atoms with van der Waals surface area (Å²) in [6.07, 6.45) is 1.61. The van der Waals surface area contributed by atoms with Gasteiger partial charge in [-0.05, 0) is 41.7 Å². The highest BCUT2D eigenvalue weighted by Crippen LogP contribution is 2.16. The molecular formula is C11H18BrN3O3S. The second-order valence-electron chi connectivity index (χ2n) is 4.42. The number of aromatic nitrogens is 1. The zero-order valence-corrected chi connectivity index (χ0v) is 13.4. The molecule has 0 aliphatic rings. The Kier molecular flexibility index (Phi) is 6.34. The van der Waals surface area contributed by atoms with E-state index in [0.29, 0.717) is 22.3 Å². The van der Waals surface area contributed by atoms with Gasteiger partial charge in [-0.25, -0.2) is 13.6 Å². The zero-order valence-electron chi connectivity index (χ0n) is 11.0. The van der Waals surface area contributed by atoms with Gasteiger partial charge in [-0.2, -0.15) is 0 Å². The third-order valence-electron chi connectivity index (χ3n) is 2.30. The highest BCUT2D eigenvalue weighted by molar-refractivity contribution is 9.10. The summed E-state index contributed by atoms with van der Waals surface area (Å²) >= 11 is 3.26. The Hall–Kier alpha value is -0.540. The van der Waals surface area contributed by atoms with E-state index in [1.165, 1.54) is 0 Å². The van der Waals surface area contributed by atoms with Crippen molar-refractivity contribution in [1.82, 2.24) is 9.88 Å². The molecule has 0 amide bonds. The fourth-order valence-corrected chi connectivity index (χ4v) is 2.46. The molecule has 108 valence electrons. The number of hydrogen-bond acceptors (Lipinski definition) is 5. The number of nitrogens with zero attached hydrogens (tertiary/aromatic N) is 2. The molecule has 0 atom stereocenters. The lowest BCUT2D eigenvalue weighted by Gasteiger charge is -2.11. The average molecular weight is 352 g/mol. The number of primary sulfonamides is 1. The van der Waals surface area contributed by atoms with Gasteiger partial charge >= 0.3 is 0 Å². The fourth-order valence-electron chi connectivity index (χ4n) is 1.40.